The molecule has 0 heterocycles. The maximum absolute atomic E-state index is 10.9. The van der Waals surface area contributed by atoms with Gasteiger partial charge in [0.05, 0.1) is 10.5 Å². The van der Waals surface area contributed by atoms with Crippen LogP contribution >= 0.6 is 0 Å². The topological polar surface area (TPSA) is 136 Å². The lowest BCUT2D eigenvalue weighted by molar-refractivity contribution is -0.384. The summed E-state index contributed by atoms with van der Waals surface area (Å²) in [6, 6.07) is 1.39. The Kier molecular flexibility index (Phi) is 4.24. The number of nitro benzene ring substituents is 1. The van der Waals surface area contributed by atoms with E-state index in [1.807, 2.05) is 0 Å². The first-order chi connectivity index (χ1) is 8.02. The first kappa shape index (κ1) is 13.2. The van der Waals surface area contributed by atoms with Crippen LogP contribution < -0.4 is 11.5 Å². The van der Waals surface area contributed by atoms with Gasteiger partial charge in [-0.15, -0.1) is 0 Å². The summed E-state index contributed by atoms with van der Waals surface area (Å²) in [5.41, 5.74) is 12.1. The number of nitro groups is 1. The van der Waals surface area contributed by atoms with Gasteiger partial charge >= 0.3 is 0 Å². The molecule has 7 heteroatoms. The maximum atomic E-state index is 10.9. The normalized spacial score (nSPS) is 10.5. The average molecular weight is 241 g/mol. The molecule has 0 aliphatic rings. The molecule has 6 N–H and O–H groups in total. The zero-order chi connectivity index (χ0) is 13.0. The summed E-state index contributed by atoms with van der Waals surface area (Å²) in [7, 11) is 0. The number of hydrogen-bond acceptors (Lipinski definition) is 6. The second-order valence-corrected chi connectivity index (χ2v) is 3.57. The highest BCUT2D eigenvalue weighted by Gasteiger charge is 2.22. The monoisotopic (exact) mass is 241 g/mol. The van der Waals surface area contributed by atoms with Crippen LogP contribution in [0, 0.1) is 10.1 Å². The summed E-state index contributed by atoms with van der Waals surface area (Å²) < 4.78 is 0. The lowest BCUT2D eigenvalue weighted by Gasteiger charge is -2.12. The molecule has 7 nitrogen and oxygen atoms in total. The number of nitrogen functional groups attached to an aromatic ring is 2. The molecule has 0 fully saturated rings. The van der Waals surface area contributed by atoms with Crippen LogP contribution in [-0.2, 0) is 12.8 Å². The molecule has 1 aromatic carbocycles. The van der Waals surface area contributed by atoms with E-state index in [4.69, 9.17) is 21.7 Å². The van der Waals surface area contributed by atoms with Crippen molar-refractivity contribution in [2.45, 2.75) is 12.8 Å². The summed E-state index contributed by atoms with van der Waals surface area (Å²) >= 11 is 0. The number of anilines is 2. The predicted molar refractivity (Wildman–Crippen MR) is 63.5 cm³/mol. The Morgan fingerprint density at radius 1 is 1.24 bits per heavy atom. The van der Waals surface area contributed by atoms with Crippen LogP contribution in [0.3, 0.4) is 0 Å². The van der Waals surface area contributed by atoms with Gasteiger partial charge in [-0.2, -0.15) is 0 Å². The quantitative estimate of drug-likeness (QED) is 0.321. The fourth-order valence-corrected chi connectivity index (χ4v) is 1.74. The van der Waals surface area contributed by atoms with Crippen LogP contribution in [0.1, 0.15) is 11.1 Å². The van der Waals surface area contributed by atoms with Gasteiger partial charge in [-0.05, 0) is 18.1 Å². The van der Waals surface area contributed by atoms with E-state index in [1.165, 1.54) is 6.07 Å². The van der Waals surface area contributed by atoms with Crippen molar-refractivity contribution in [2.24, 2.45) is 0 Å². The number of benzene rings is 1. The number of hydrogen-bond donors (Lipinski definition) is 4. The standard InChI is InChI=1S/C10H15N3O4/c11-8-5-6(1-3-14)9(12)7(2-4-15)10(8)13(16)17/h5,14-15H,1-4,11-12H2. The molecule has 0 unspecified atom stereocenters. The number of nitrogens with zero attached hydrogens (tertiary/aromatic N) is 1. The average Bonchev–Trinajstić information content (AvgIpc) is 2.25. The van der Waals surface area contributed by atoms with Gasteiger partial charge in [0, 0.05) is 25.3 Å². The highest BCUT2D eigenvalue weighted by molar-refractivity contribution is 5.74. The van der Waals surface area contributed by atoms with Crippen LogP contribution in [0.15, 0.2) is 6.07 Å². The molecule has 0 saturated heterocycles. The molecule has 94 valence electrons. The van der Waals surface area contributed by atoms with E-state index < -0.39 is 4.92 Å². The van der Waals surface area contributed by atoms with Gasteiger partial charge in [0.1, 0.15) is 5.69 Å². The minimum Gasteiger partial charge on any atom is -0.398 e. The smallest absolute Gasteiger partial charge is 0.297 e. The highest BCUT2D eigenvalue weighted by Crippen LogP contribution is 2.34. The lowest BCUT2D eigenvalue weighted by Crippen LogP contribution is -2.10. The minimum absolute atomic E-state index is 0.00361. The van der Waals surface area contributed by atoms with Crippen molar-refractivity contribution in [3.8, 4) is 0 Å². The Labute approximate surface area is 97.8 Å². The number of aliphatic hydroxyl groups is 2. The zero-order valence-electron chi connectivity index (χ0n) is 9.22. The van der Waals surface area contributed by atoms with Gasteiger partial charge in [-0.1, -0.05) is 0 Å². The van der Waals surface area contributed by atoms with E-state index in [-0.39, 0.29) is 48.7 Å². The third kappa shape index (κ3) is 2.63. The van der Waals surface area contributed by atoms with Crippen molar-refractivity contribution in [3.05, 3.63) is 27.3 Å². The molecule has 0 aliphatic heterocycles. The molecular weight excluding hydrogens is 226 g/mol. The molecule has 0 bridgehead atoms. The van der Waals surface area contributed by atoms with Crippen molar-refractivity contribution in [1.82, 2.24) is 0 Å². The molecule has 17 heavy (non-hydrogen) atoms. The van der Waals surface area contributed by atoms with Crippen LogP contribution in [0.25, 0.3) is 0 Å². The Hall–Kier alpha value is -1.86. The van der Waals surface area contributed by atoms with Crippen LogP contribution in [0.2, 0.25) is 0 Å². The molecule has 1 rings (SSSR count). The van der Waals surface area contributed by atoms with Crippen LogP contribution in [0.5, 0.6) is 0 Å². The molecule has 0 radical (unpaired) electrons. The van der Waals surface area contributed by atoms with Crippen molar-refractivity contribution in [3.63, 3.8) is 0 Å². The van der Waals surface area contributed by atoms with Crippen molar-refractivity contribution < 1.29 is 15.1 Å². The van der Waals surface area contributed by atoms with E-state index in [0.717, 1.165) is 0 Å². The largest absolute Gasteiger partial charge is 0.398 e. The van der Waals surface area contributed by atoms with Crippen molar-refractivity contribution in [1.29, 1.82) is 0 Å². The van der Waals surface area contributed by atoms with E-state index in [1.54, 1.807) is 0 Å². The first-order valence-corrected chi connectivity index (χ1v) is 5.08. The summed E-state index contributed by atoms with van der Waals surface area (Å²) in [5, 5.41) is 28.6. The van der Waals surface area contributed by atoms with Gasteiger partial charge < -0.3 is 21.7 Å². The molecule has 0 spiro atoms. The number of aliphatic hydroxyl groups excluding tert-OH is 2. The number of nitrogens with two attached hydrogens (primary N) is 2. The minimum atomic E-state index is -0.612. The maximum Gasteiger partial charge on any atom is 0.297 e. The molecule has 0 saturated carbocycles. The third-order valence-electron chi connectivity index (χ3n) is 2.49. The summed E-state index contributed by atoms with van der Waals surface area (Å²) in [4.78, 5) is 10.3. The molecule has 1 aromatic rings. The number of rotatable bonds is 5. The van der Waals surface area contributed by atoms with E-state index >= 15 is 0 Å². The second-order valence-electron chi connectivity index (χ2n) is 3.57. The zero-order valence-corrected chi connectivity index (χ0v) is 9.22. The van der Waals surface area contributed by atoms with Gasteiger partial charge in [0.25, 0.3) is 5.69 Å². The molecular formula is C10H15N3O4. The Morgan fingerprint density at radius 2 is 1.82 bits per heavy atom. The Bertz CT molecular complexity index is 434. The fraction of sp³-hybridized carbons (Fsp3) is 0.400. The Balaban J connectivity index is 3.41. The van der Waals surface area contributed by atoms with E-state index in [0.29, 0.717) is 5.56 Å². The third-order valence-corrected chi connectivity index (χ3v) is 2.49. The second kappa shape index (κ2) is 5.46. The van der Waals surface area contributed by atoms with Crippen LogP contribution in [-0.4, -0.2) is 28.4 Å². The predicted octanol–water partition coefficient (Wildman–Crippen LogP) is -0.171. The van der Waals surface area contributed by atoms with E-state index in [9.17, 15) is 10.1 Å². The van der Waals surface area contributed by atoms with Gasteiger partial charge in [-0.3, -0.25) is 10.1 Å². The summed E-state index contributed by atoms with van der Waals surface area (Å²) in [5.74, 6) is 0. The van der Waals surface area contributed by atoms with Gasteiger partial charge in [0.2, 0.25) is 0 Å². The van der Waals surface area contributed by atoms with Gasteiger partial charge in [-0.25, -0.2) is 0 Å². The Morgan fingerprint density at radius 3 is 2.29 bits per heavy atom. The first-order valence-electron chi connectivity index (χ1n) is 5.08. The van der Waals surface area contributed by atoms with Crippen molar-refractivity contribution >= 4 is 17.1 Å². The highest BCUT2D eigenvalue weighted by atomic mass is 16.6. The lowest BCUT2D eigenvalue weighted by atomic mass is 9.99. The SMILES string of the molecule is Nc1cc(CCO)c(N)c(CCO)c1[N+](=O)[O-]. The van der Waals surface area contributed by atoms with Crippen molar-refractivity contribution in [2.75, 3.05) is 24.7 Å². The van der Waals surface area contributed by atoms with Gasteiger partial charge in [0.15, 0.2) is 0 Å². The van der Waals surface area contributed by atoms with Crippen LogP contribution in [0.4, 0.5) is 17.1 Å². The molecule has 0 atom stereocenters. The molecule has 0 aromatic heterocycles. The molecule has 0 amide bonds. The fourth-order valence-electron chi connectivity index (χ4n) is 1.74. The van der Waals surface area contributed by atoms with E-state index in [2.05, 4.69) is 0 Å². The summed E-state index contributed by atoms with van der Waals surface area (Å²) in [6.07, 6.45) is 0.331. The molecule has 0 aliphatic carbocycles. The summed E-state index contributed by atoms with van der Waals surface area (Å²) in [6.45, 7) is -0.382.